The van der Waals surface area contributed by atoms with Gasteiger partial charge in [-0.2, -0.15) is 4.39 Å². The molecule has 21 heavy (non-hydrogen) atoms. The molecule has 0 atom stereocenters. The number of rotatable bonds is 4. The molecule has 2 heterocycles. The average molecular weight is 292 g/mol. The summed E-state index contributed by atoms with van der Waals surface area (Å²) in [5, 5.41) is 6.08. The Morgan fingerprint density at radius 3 is 2.81 bits per heavy atom. The molecule has 0 aliphatic heterocycles. The van der Waals surface area contributed by atoms with Gasteiger partial charge >= 0.3 is 0 Å². The van der Waals surface area contributed by atoms with E-state index in [2.05, 4.69) is 15.5 Å². The molecule has 8 heteroatoms. The maximum atomic E-state index is 13.0. The minimum Gasteiger partial charge on any atom is -0.360 e. The average Bonchev–Trinajstić information content (AvgIpc) is 2.82. The molecule has 0 bridgehead atoms. The third-order valence-corrected chi connectivity index (χ3v) is 2.56. The van der Waals surface area contributed by atoms with Crippen molar-refractivity contribution in [2.24, 2.45) is 0 Å². The van der Waals surface area contributed by atoms with Crippen molar-refractivity contribution in [3.8, 4) is 0 Å². The smallest absolute Gasteiger partial charge is 0.272 e. The number of nitrogens with one attached hydrogen (secondary N) is 1. The van der Waals surface area contributed by atoms with Crippen molar-refractivity contribution < 1.29 is 18.5 Å². The van der Waals surface area contributed by atoms with Crippen molar-refractivity contribution in [1.29, 1.82) is 0 Å². The fourth-order valence-corrected chi connectivity index (χ4v) is 1.62. The number of anilines is 1. The topological polar surface area (TPSA) is 88.3 Å². The summed E-state index contributed by atoms with van der Waals surface area (Å²) in [6.45, 7) is 1.47. The van der Waals surface area contributed by atoms with E-state index in [1.54, 1.807) is 13.0 Å². The first kappa shape index (κ1) is 14.6. The molecule has 0 aromatic carbocycles. The molecule has 0 spiro atoms. The second kappa shape index (κ2) is 6.12. The summed E-state index contributed by atoms with van der Waals surface area (Å²) in [5.74, 6) is -0.936. The molecule has 2 rings (SSSR count). The molecule has 7 nitrogen and oxygen atoms in total. The summed E-state index contributed by atoms with van der Waals surface area (Å²) in [7, 11) is 1.42. The third-order valence-electron chi connectivity index (χ3n) is 2.56. The molecule has 2 aromatic rings. The maximum Gasteiger partial charge on any atom is 0.272 e. The van der Waals surface area contributed by atoms with Crippen LogP contribution in [0.2, 0.25) is 0 Å². The van der Waals surface area contributed by atoms with Crippen LogP contribution >= 0.6 is 0 Å². The van der Waals surface area contributed by atoms with Crippen LogP contribution < -0.4 is 5.32 Å². The number of halogens is 1. The standard InChI is InChI=1S/C13H13FN4O3/c1-8-6-11(17-21-8)16-12(19)7-18(2)13(20)9-4-3-5-10(14)15-9/h3-6H,7H2,1-2H3,(H,16,17,19). The van der Waals surface area contributed by atoms with Crippen LogP contribution in [0.5, 0.6) is 0 Å². The maximum absolute atomic E-state index is 13.0. The number of pyridine rings is 1. The van der Waals surface area contributed by atoms with Gasteiger partial charge in [-0.15, -0.1) is 0 Å². The molecule has 0 saturated heterocycles. The summed E-state index contributed by atoms with van der Waals surface area (Å²) in [6.07, 6.45) is 0. The first-order valence-electron chi connectivity index (χ1n) is 6.07. The van der Waals surface area contributed by atoms with Crippen LogP contribution in [0, 0.1) is 12.9 Å². The third kappa shape index (κ3) is 3.85. The van der Waals surface area contributed by atoms with Gasteiger partial charge in [-0.3, -0.25) is 9.59 Å². The van der Waals surface area contributed by atoms with Gasteiger partial charge in [0.05, 0.1) is 6.54 Å². The zero-order chi connectivity index (χ0) is 15.4. The molecular weight excluding hydrogens is 279 g/mol. The zero-order valence-corrected chi connectivity index (χ0v) is 11.5. The van der Waals surface area contributed by atoms with Crippen molar-refractivity contribution in [3.63, 3.8) is 0 Å². The summed E-state index contributed by atoms with van der Waals surface area (Å²) in [5.41, 5.74) is -0.0671. The van der Waals surface area contributed by atoms with Gasteiger partial charge < -0.3 is 14.7 Å². The number of amides is 2. The first-order chi connectivity index (χ1) is 9.95. The van der Waals surface area contributed by atoms with Crippen molar-refractivity contribution in [2.45, 2.75) is 6.92 Å². The minimum absolute atomic E-state index is 0.0671. The number of carbonyl (C=O) groups is 2. The number of likely N-dealkylation sites (N-methyl/N-ethyl adjacent to an activating group) is 1. The molecule has 0 fully saturated rings. The SMILES string of the molecule is Cc1cc(NC(=O)CN(C)C(=O)c2cccc(F)n2)no1. The Balaban J connectivity index is 1.95. The molecule has 1 N–H and O–H groups in total. The normalized spacial score (nSPS) is 10.2. The number of nitrogens with zero attached hydrogens (tertiary/aromatic N) is 3. The van der Waals surface area contributed by atoms with Crippen LogP contribution in [0.4, 0.5) is 10.2 Å². The number of hydrogen-bond donors (Lipinski definition) is 1. The second-order valence-electron chi connectivity index (χ2n) is 4.38. The first-order valence-corrected chi connectivity index (χ1v) is 6.07. The lowest BCUT2D eigenvalue weighted by Gasteiger charge is -2.15. The Bertz CT molecular complexity index is 671. The Labute approximate surface area is 119 Å². The molecule has 2 aromatic heterocycles. The molecule has 0 aliphatic carbocycles. The van der Waals surface area contributed by atoms with Gasteiger partial charge in [-0.05, 0) is 19.1 Å². The monoisotopic (exact) mass is 292 g/mol. The lowest BCUT2D eigenvalue weighted by Crippen LogP contribution is -2.35. The summed E-state index contributed by atoms with van der Waals surface area (Å²) < 4.78 is 17.8. The highest BCUT2D eigenvalue weighted by molar-refractivity contribution is 5.97. The highest BCUT2D eigenvalue weighted by atomic mass is 19.1. The lowest BCUT2D eigenvalue weighted by molar-refractivity contribution is -0.116. The van der Waals surface area contributed by atoms with Gasteiger partial charge in [0, 0.05) is 13.1 Å². The van der Waals surface area contributed by atoms with Crippen LogP contribution in [0.25, 0.3) is 0 Å². The fourth-order valence-electron chi connectivity index (χ4n) is 1.62. The predicted molar refractivity (Wildman–Crippen MR) is 71.0 cm³/mol. The Morgan fingerprint density at radius 2 is 2.19 bits per heavy atom. The van der Waals surface area contributed by atoms with E-state index < -0.39 is 17.8 Å². The molecule has 0 radical (unpaired) electrons. The molecule has 110 valence electrons. The van der Waals surface area contributed by atoms with E-state index in [0.29, 0.717) is 5.76 Å². The minimum atomic E-state index is -0.753. The summed E-state index contributed by atoms with van der Waals surface area (Å²) in [4.78, 5) is 28.3. The lowest BCUT2D eigenvalue weighted by atomic mass is 10.3. The van der Waals surface area contributed by atoms with Crippen molar-refractivity contribution in [2.75, 3.05) is 18.9 Å². The molecule has 2 amide bonds. The van der Waals surface area contributed by atoms with Gasteiger partial charge in [0.25, 0.3) is 5.91 Å². The van der Waals surface area contributed by atoms with E-state index in [9.17, 15) is 14.0 Å². The van der Waals surface area contributed by atoms with Crippen LogP contribution in [-0.2, 0) is 4.79 Å². The number of hydrogen-bond acceptors (Lipinski definition) is 5. The van der Waals surface area contributed by atoms with Crippen LogP contribution in [0.1, 0.15) is 16.2 Å². The van der Waals surface area contributed by atoms with Crippen molar-refractivity contribution >= 4 is 17.6 Å². The summed E-state index contributed by atoms with van der Waals surface area (Å²) in [6, 6.07) is 5.44. The van der Waals surface area contributed by atoms with E-state index in [0.717, 1.165) is 11.0 Å². The second-order valence-corrected chi connectivity index (χ2v) is 4.38. The Kier molecular flexibility index (Phi) is 4.27. The highest BCUT2D eigenvalue weighted by Crippen LogP contribution is 2.07. The Morgan fingerprint density at radius 1 is 1.43 bits per heavy atom. The molecular formula is C13H13FN4O3. The van der Waals surface area contributed by atoms with Crippen LogP contribution in [-0.4, -0.2) is 40.4 Å². The summed E-state index contributed by atoms with van der Waals surface area (Å²) >= 11 is 0. The fraction of sp³-hybridized carbons (Fsp3) is 0.231. The van der Waals surface area contributed by atoms with Gasteiger partial charge in [-0.25, -0.2) is 4.98 Å². The van der Waals surface area contributed by atoms with Gasteiger partial charge in [-0.1, -0.05) is 11.2 Å². The van der Waals surface area contributed by atoms with E-state index in [1.165, 1.54) is 19.2 Å². The van der Waals surface area contributed by atoms with E-state index in [1.807, 2.05) is 0 Å². The van der Waals surface area contributed by atoms with E-state index >= 15 is 0 Å². The van der Waals surface area contributed by atoms with Gasteiger partial charge in [0.15, 0.2) is 5.82 Å². The van der Waals surface area contributed by atoms with E-state index in [4.69, 9.17) is 4.52 Å². The largest absolute Gasteiger partial charge is 0.360 e. The van der Waals surface area contributed by atoms with E-state index in [-0.39, 0.29) is 18.1 Å². The number of carbonyl (C=O) groups excluding carboxylic acids is 2. The number of aryl methyl sites for hydroxylation is 1. The van der Waals surface area contributed by atoms with Crippen LogP contribution in [0.3, 0.4) is 0 Å². The molecule has 0 aliphatic rings. The molecule has 0 unspecified atom stereocenters. The number of aromatic nitrogens is 2. The molecule has 0 saturated carbocycles. The van der Waals surface area contributed by atoms with Crippen molar-refractivity contribution in [3.05, 3.63) is 41.7 Å². The van der Waals surface area contributed by atoms with Gasteiger partial charge in [0.1, 0.15) is 11.5 Å². The highest BCUT2D eigenvalue weighted by Gasteiger charge is 2.17. The zero-order valence-electron chi connectivity index (χ0n) is 11.5. The van der Waals surface area contributed by atoms with Crippen molar-refractivity contribution in [1.82, 2.24) is 15.0 Å². The van der Waals surface area contributed by atoms with Crippen LogP contribution in [0.15, 0.2) is 28.8 Å². The predicted octanol–water partition coefficient (Wildman–Crippen LogP) is 1.23. The van der Waals surface area contributed by atoms with Gasteiger partial charge in [0.2, 0.25) is 11.9 Å². The quantitative estimate of drug-likeness (QED) is 0.856. The Hall–Kier alpha value is -2.77.